The number of pyridine rings is 1. The molecule has 21 heavy (non-hydrogen) atoms. The van der Waals surface area contributed by atoms with Crippen molar-refractivity contribution in [3.8, 4) is 0 Å². The number of nitrogens with zero attached hydrogens (tertiary/aromatic N) is 2. The molecule has 1 aliphatic rings. The molecular formula is C16H22N2O3. The van der Waals surface area contributed by atoms with Crippen LogP contribution in [-0.2, 0) is 9.53 Å². The fourth-order valence-corrected chi connectivity index (χ4v) is 2.49. The molecule has 0 spiro atoms. The summed E-state index contributed by atoms with van der Waals surface area (Å²) in [7, 11) is 0. The topological polar surface area (TPSA) is 59.5 Å². The van der Waals surface area contributed by atoms with E-state index in [0.717, 1.165) is 6.42 Å². The zero-order valence-electron chi connectivity index (χ0n) is 13.0. The molecule has 1 fully saturated rings. The summed E-state index contributed by atoms with van der Waals surface area (Å²) in [6.45, 7) is 7.87. The summed E-state index contributed by atoms with van der Waals surface area (Å²) < 4.78 is 5.42. The highest BCUT2D eigenvalue weighted by molar-refractivity contribution is 5.98. The van der Waals surface area contributed by atoms with Gasteiger partial charge in [-0.2, -0.15) is 0 Å². The molecule has 1 aliphatic heterocycles. The van der Waals surface area contributed by atoms with E-state index in [1.807, 2.05) is 20.8 Å². The molecule has 0 aromatic carbocycles. The molecule has 0 N–H and O–H groups in total. The number of aryl methyl sites for hydroxylation is 1. The number of hydrogen-bond acceptors (Lipinski definition) is 4. The van der Waals surface area contributed by atoms with Crippen molar-refractivity contribution in [1.29, 1.82) is 0 Å². The molecule has 0 radical (unpaired) electrons. The van der Waals surface area contributed by atoms with E-state index in [4.69, 9.17) is 4.74 Å². The minimum atomic E-state index is -0.543. The van der Waals surface area contributed by atoms with Crippen LogP contribution in [0.5, 0.6) is 0 Å². The SMILES string of the molecule is Cc1ncccc1C(=O)N1CCC[C@H]1C(=O)OC(C)(C)C. The summed E-state index contributed by atoms with van der Waals surface area (Å²) in [6.07, 6.45) is 3.12. The van der Waals surface area contributed by atoms with Gasteiger partial charge >= 0.3 is 5.97 Å². The Morgan fingerprint density at radius 3 is 2.71 bits per heavy atom. The average molecular weight is 290 g/mol. The van der Waals surface area contributed by atoms with Crippen LogP contribution in [0.4, 0.5) is 0 Å². The molecule has 0 unspecified atom stereocenters. The molecule has 1 aromatic heterocycles. The lowest BCUT2D eigenvalue weighted by Crippen LogP contribution is -2.43. The molecule has 1 atom stereocenters. The standard InChI is InChI=1S/C16H22N2O3/c1-11-12(7-5-9-17-11)14(19)18-10-6-8-13(18)15(20)21-16(2,3)4/h5,7,9,13H,6,8,10H2,1-4H3/t13-/m0/s1. The zero-order valence-corrected chi connectivity index (χ0v) is 13.0. The van der Waals surface area contributed by atoms with E-state index in [1.165, 1.54) is 0 Å². The summed E-state index contributed by atoms with van der Waals surface area (Å²) in [6, 6.07) is 2.99. The normalized spacial score (nSPS) is 18.7. The summed E-state index contributed by atoms with van der Waals surface area (Å²) >= 11 is 0. The first-order chi connectivity index (χ1) is 9.79. The Balaban J connectivity index is 2.17. The third kappa shape index (κ3) is 3.60. The van der Waals surface area contributed by atoms with Crippen molar-refractivity contribution in [3.63, 3.8) is 0 Å². The average Bonchev–Trinajstić information content (AvgIpc) is 2.85. The minimum Gasteiger partial charge on any atom is -0.458 e. The number of rotatable bonds is 2. The number of hydrogen-bond donors (Lipinski definition) is 0. The van der Waals surface area contributed by atoms with E-state index in [2.05, 4.69) is 4.98 Å². The van der Waals surface area contributed by atoms with Crippen molar-refractivity contribution >= 4 is 11.9 Å². The number of carbonyl (C=O) groups excluding carboxylic acids is 2. The van der Waals surface area contributed by atoms with Gasteiger partial charge in [-0.3, -0.25) is 9.78 Å². The van der Waals surface area contributed by atoms with E-state index in [1.54, 1.807) is 30.2 Å². The van der Waals surface area contributed by atoms with Gasteiger partial charge in [0, 0.05) is 18.4 Å². The second-order valence-electron chi connectivity index (χ2n) is 6.33. The fourth-order valence-electron chi connectivity index (χ4n) is 2.49. The van der Waals surface area contributed by atoms with E-state index >= 15 is 0 Å². The molecule has 2 rings (SSSR count). The van der Waals surface area contributed by atoms with Crippen molar-refractivity contribution in [3.05, 3.63) is 29.6 Å². The number of likely N-dealkylation sites (tertiary alicyclic amines) is 1. The van der Waals surface area contributed by atoms with Gasteiger partial charge in [-0.05, 0) is 52.7 Å². The van der Waals surface area contributed by atoms with Gasteiger partial charge in [0.1, 0.15) is 11.6 Å². The van der Waals surface area contributed by atoms with Gasteiger partial charge in [0.15, 0.2) is 0 Å². The summed E-state index contributed by atoms with van der Waals surface area (Å²) in [5, 5.41) is 0. The predicted octanol–water partition coefficient (Wildman–Crippen LogP) is 2.34. The summed E-state index contributed by atoms with van der Waals surface area (Å²) in [5.74, 6) is -0.469. The van der Waals surface area contributed by atoms with Crippen LogP contribution in [0, 0.1) is 6.92 Å². The third-order valence-corrected chi connectivity index (χ3v) is 3.43. The molecule has 5 heteroatoms. The highest BCUT2D eigenvalue weighted by atomic mass is 16.6. The Morgan fingerprint density at radius 1 is 1.38 bits per heavy atom. The molecule has 0 saturated carbocycles. The first-order valence-corrected chi connectivity index (χ1v) is 7.25. The van der Waals surface area contributed by atoms with E-state index in [0.29, 0.717) is 24.2 Å². The smallest absolute Gasteiger partial charge is 0.329 e. The molecule has 5 nitrogen and oxygen atoms in total. The van der Waals surface area contributed by atoms with Gasteiger partial charge in [-0.1, -0.05) is 0 Å². The lowest BCUT2D eigenvalue weighted by molar-refractivity contribution is -0.159. The van der Waals surface area contributed by atoms with E-state index in [-0.39, 0.29) is 11.9 Å². The molecule has 0 bridgehead atoms. The Morgan fingerprint density at radius 2 is 2.10 bits per heavy atom. The predicted molar refractivity (Wildman–Crippen MR) is 78.9 cm³/mol. The Labute approximate surface area is 125 Å². The van der Waals surface area contributed by atoms with Crippen molar-refractivity contribution in [2.75, 3.05) is 6.54 Å². The van der Waals surface area contributed by atoms with Crippen molar-refractivity contribution < 1.29 is 14.3 Å². The van der Waals surface area contributed by atoms with E-state index < -0.39 is 11.6 Å². The van der Waals surface area contributed by atoms with Gasteiger partial charge in [-0.15, -0.1) is 0 Å². The minimum absolute atomic E-state index is 0.144. The van der Waals surface area contributed by atoms with E-state index in [9.17, 15) is 9.59 Å². The van der Waals surface area contributed by atoms with Gasteiger partial charge in [0.25, 0.3) is 5.91 Å². The number of carbonyl (C=O) groups is 2. The van der Waals surface area contributed by atoms with Crippen molar-refractivity contribution in [2.24, 2.45) is 0 Å². The highest BCUT2D eigenvalue weighted by Crippen LogP contribution is 2.23. The van der Waals surface area contributed by atoms with Gasteiger partial charge in [0.2, 0.25) is 0 Å². The second-order valence-corrected chi connectivity index (χ2v) is 6.33. The maximum atomic E-state index is 12.6. The first kappa shape index (κ1) is 15.5. The van der Waals surface area contributed by atoms with Crippen molar-refractivity contribution in [1.82, 2.24) is 9.88 Å². The first-order valence-electron chi connectivity index (χ1n) is 7.25. The number of ether oxygens (including phenoxy) is 1. The van der Waals surface area contributed by atoms with Crippen LogP contribution in [0.25, 0.3) is 0 Å². The maximum absolute atomic E-state index is 12.6. The zero-order chi connectivity index (χ0) is 15.6. The molecule has 1 amide bonds. The Bertz CT molecular complexity index is 549. The second kappa shape index (κ2) is 5.84. The molecule has 0 aliphatic carbocycles. The number of amides is 1. The molecule has 114 valence electrons. The Kier molecular flexibility index (Phi) is 4.30. The van der Waals surface area contributed by atoms with Gasteiger partial charge in [-0.25, -0.2) is 4.79 Å². The quantitative estimate of drug-likeness (QED) is 0.784. The number of aromatic nitrogens is 1. The largest absolute Gasteiger partial charge is 0.458 e. The summed E-state index contributed by atoms with van der Waals surface area (Å²) in [5.41, 5.74) is 0.684. The Hall–Kier alpha value is -1.91. The molecule has 1 saturated heterocycles. The van der Waals surface area contributed by atoms with Crippen LogP contribution in [0.3, 0.4) is 0 Å². The van der Waals surface area contributed by atoms with Crippen LogP contribution in [0.2, 0.25) is 0 Å². The highest BCUT2D eigenvalue weighted by Gasteiger charge is 2.37. The fraction of sp³-hybridized carbons (Fsp3) is 0.562. The van der Waals surface area contributed by atoms with Gasteiger partial charge in [0.05, 0.1) is 5.56 Å². The molecule has 2 heterocycles. The molecular weight excluding hydrogens is 268 g/mol. The summed E-state index contributed by atoms with van der Waals surface area (Å²) in [4.78, 5) is 30.6. The maximum Gasteiger partial charge on any atom is 0.329 e. The van der Waals surface area contributed by atoms with Crippen LogP contribution >= 0.6 is 0 Å². The lowest BCUT2D eigenvalue weighted by Gasteiger charge is -2.27. The lowest BCUT2D eigenvalue weighted by atomic mass is 10.1. The van der Waals surface area contributed by atoms with Crippen LogP contribution in [0.15, 0.2) is 18.3 Å². The molecule has 1 aromatic rings. The number of esters is 1. The van der Waals surface area contributed by atoms with Gasteiger partial charge < -0.3 is 9.64 Å². The van der Waals surface area contributed by atoms with Crippen molar-refractivity contribution in [2.45, 2.75) is 52.2 Å². The van der Waals surface area contributed by atoms with Crippen LogP contribution in [0.1, 0.15) is 49.7 Å². The monoisotopic (exact) mass is 290 g/mol. The van der Waals surface area contributed by atoms with Crippen LogP contribution in [-0.4, -0.2) is 39.9 Å². The van der Waals surface area contributed by atoms with Crippen LogP contribution < -0.4 is 0 Å². The third-order valence-electron chi connectivity index (χ3n) is 3.43.